The van der Waals surface area contributed by atoms with E-state index in [0.29, 0.717) is 30.0 Å². The number of allylic oxidation sites excluding steroid dienone is 1. The molecule has 4 aliphatic carbocycles. The molecule has 3 fully saturated rings. The predicted molar refractivity (Wildman–Crippen MR) is 116 cm³/mol. The Bertz CT molecular complexity index is 787. The zero-order valence-electron chi connectivity index (χ0n) is 19.4. The highest BCUT2D eigenvalue weighted by molar-refractivity contribution is 5.91. The van der Waals surface area contributed by atoms with E-state index in [2.05, 4.69) is 13.8 Å². The molecule has 6 atom stereocenters. The van der Waals surface area contributed by atoms with E-state index in [1.807, 2.05) is 26.8 Å². The van der Waals surface area contributed by atoms with E-state index in [9.17, 15) is 14.4 Å². The van der Waals surface area contributed by atoms with E-state index in [0.717, 1.165) is 44.9 Å². The maximum Gasteiger partial charge on any atom is 0.311 e. The van der Waals surface area contributed by atoms with Crippen LogP contribution < -0.4 is 0 Å². The summed E-state index contributed by atoms with van der Waals surface area (Å²) in [7, 11) is 0. The number of carbonyl (C=O) groups is 3. The van der Waals surface area contributed by atoms with Crippen LogP contribution in [0.5, 0.6) is 0 Å². The number of esters is 1. The summed E-state index contributed by atoms with van der Waals surface area (Å²) in [5.41, 5.74) is 1.00. The van der Waals surface area contributed by atoms with Gasteiger partial charge < -0.3 is 4.74 Å². The molecule has 166 valence electrons. The lowest BCUT2D eigenvalue weighted by Gasteiger charge is -2.58. The van der Waals surface area contributed by atoms with Gasteiger partial charge in [0.05, 0.1) is 5.41 Å². The van der Waals surface area contributed by atoms with Crippen LogP contribution >= 0.6 is 0 Å². The molecule has 0 aromatic rings. The first kappa shape index (κ1) is 21.8. The van der Waals surface area contributed by atoms with Gasteiger partial charge in [0, 0.05) is 12.3 Å². The normalized spacial score (nSPS) is 40.7. The summed E-state index contributed by atoms with van der Waals surface area (Å²) in [5, 5.41) is 0. The van der Waals surface area contributed by atoms with Gasteiger partial charge in [-0.05, 0) is 100 Å². The van der Waals surface area contributed by atoms with Crippen LogP contribution in [0.3, 0.4) is 0 Å². The van der Waals surface area contributed by atoms with Crippen molar-refractivity contribution >= 4 is 17.5 Å². The van der Waals surface area contributed by atoms with Gasteiger partial charge in [0.2, 0.25) is 0 Å². The topological polar surface area (TPSA) is 60.4 Å². The van der Waals surface area contributed by atoms with E-state index in [1.165, 1.54) is 5.57 Å². The Balaban J connectivity index is 1.49. The minimum absolute atomic E-state index is 0.00824. The van der Waals surface area contributed by atoms with Gasteiger partial charge in [-0.3, -0.25) is 14.4 Å². The Morgan fingerprint density at radius 1 is 1.03 bits per heavy atom. The lowest BCUT2D eigenvalue weighted by Crippen LogP contribution is -2.51. The standard InChI is InChI=1S/C26H38O4/c1-24(2,3)23(29)30-15-22(28)21-9-8-19-18-7-6-16-14-17(27)10-12-25(16,4)20(18)11-13-26(19,21)5/h14,18-21H,6-13,15H2,1-5H3/t18-,19+,20-,21+,25-,26+/m0/s1. The van der Waals surface area contributed by atoms with Crippen LogP contribution in [0.15, 0.2) is 11.6 Å². The van der Waals surface area contributed by atoms with Crippen molar-refractivity contribution in [3.8, 4) is 0 Å². The van der Waals surface area contributed by atoms with E-state index >= 15 is 0 Å². The first-order chi connectivity index (χ1) is 14.0. The van der Waals surface area contributed by atoms with Crippen LogP contribution in [0.25, 0.3) is 0 Å². The number of hydrogen-bond acceptors (Lipinski definition) is 4. The van der Waals surface area contributed by atoms with Gasteiger partial charge in [-0.15, -0.1) is 0 Å². The number of rotatable bonds is 3. The van der Waals surface area contributed by atoms with E-state index in [-0.39, 0.29) is 35.1 Å². The smallest absolute Gasteiger partial charge is 0.311 e. The molecule has 0 amide bonds. The Morgan fingerprint density at radius 3 is 2.47 bits per heavy atom. The maximum atomic E-state index is 13.1. The minimum Gasteiger partial charge on any atom is -0.457 e. The van der Waals surface area contributed by atoms with Crippen LogP contribution in [0.1, 0.15) is 86.0 Å². The average molecular weight is 415 g/mol. The van der Waals surface area contributed by atoms with E-state index in [4.69, 9.17) is 4.74 Å². The molecular formula is C26H38O4. The van der Waals surface area contributed by atoms with Crippen LogP contribution in [0, 0.1) is 39.9 Å². The number of ketones is 2. The third-order valence-corrected chi connectivity index (χ3v) is 9.31. The Hall–Kier alpha value is -1.45. The molecule has 4 nitrogen and oxygen atoms in total. The molecule has 0 spiro atoms. The molecule has 0 heterocycles. The van der Waals surface area contributed by atoms with Gasteiger partial charge in [-0.2, -0.15) is 0 Å². The first-order valence-corrected chi connectivity index (χ1v) is 11.9. The summed E-state index contributed by atoms with van der Waals surface area (Å²) < 4.78 is 5.38. The van der Waals surface area contributed by atoms with Crippen molar-refractivity contribution in [3.63, 3.8) is 0 Å². The molecule has 4 rings (SSSR count). The van der Waals surface area contributed by atoms with Crippen LogP contribution in [-0.4, -0.2) is 24.1 Å². The summed E-state index contributed by atoms with van der Waals surface area (Å²) in [6, 6.07) is 0. The highest BCUT2D eigenvalue weighted by atomic mass is 16.5. The largest absolute Gasteiger partial charge is 0.457 e. The fourth-order valence-electron chi connectivity index (χ4n) is 7.54. The van der Waals surface area contributed by atoms with Crippen molar-refractivity contribution in [3.05, 3.63) is 11.6 Å². The van der Waals surface area contributed by atoms with Crippen molar-refractivity contribution in [2.45, 2.75) is 86.0 Å². The van der Waals surface area contributed by atoms with Crippen molar-refractivity contribution in [1.29, 1.82) is 0 Å². The molecule has 0 aromatic carbocycles. The van der Waals surface area contributed by atoms with Gasteiger partial charge in [-0.1, -0.05) is 19.4 Å². The van der Waals surface area contributed by atoms with Gasteiger partial charge in [-0.25, -0.2) is 0 Å². The lowest BCUT2D eigenvalue weighted by atomic mass is 9.46. The summed E-state index contributed by atoms with van der Waals surface area (Å²) in [4.78, 5) is 37.2. The SMILES string of the molecule is CC(C)(C)C(=O)OCC(=O)[C@H]1CC[C@@H]2[C@@H]3CCC4=CC(=O)CC[C@]4(C)[C@H]3CC[C@@]12C. The predicted octanol–water partition coefficient (Wildman–Crippen LogP) is 5.29. The fourth-order valence-corrected chi connectivity index (χ4v) is 7.54. The van der Waals surface area contributed by atoms with Gasteiger partial charge in [0.1, 0.15) is 6.61 Å². The second-order valence-electron chi connectivity index (χ2n) is 11.9. The summed E-state index contributed by atoms with van der Waals surface area (Å²) in [6.07, 6.45) is 10.1. The molecule has 30 heavy (non-hydrogen) atoms. The highest BCUT2D eigenvalue weighted by Crippen LogP contribution is 2.66. The number of carbonyl (C=O) groups excluding carboxylic acids is 3. The molecule has 0 unspecified atom stereocenters. The number of ether oxygens (including phenoxy) is 1. The zero-order chi connectivity index (χ0) is 21.9. The van der Waals surface area contributed by atoms with Gasteiger partial charge in [0.25, 0.3) is 0 Å². The molecule has 0 bridgehead atoms. The molecular weight excluding hydrogens is 376 g/mol. The number of hydrogen-bond donors (Lipinski definition) is 0. The summed E-state index contributed by atoms with van der Waals surface area (Å²) >= 11 is 0. The molecule has 4 heteroatoms. The van der Waals surface area contributed by atoms with Crippen molar-refractivity contribution in [2.75, 3.05) is 6.61 Å². The Kier molecular flexibility index (Phi) is 5.30. The number of Topliss-reactive ketones (excluding diaryl/α,β-unsaturated/α-hetero) is 1. The molecule has 4 aliphatic rings. The van der Waals surface area contributed by atoms with Crippen molar-refractivity contribution in [1.82, 2.24) is 0 Å². The van der Waals surface area contributed by atoms with E-state index in [1.54, 1.807) is 0 Å². The molecule has 0 saturated heterocycles. The van der Waals surface area contributed by atoms with Gasteiger partial charge >= 0.3 is 5.97 Å². The van der Waals surface area contributed by atoms with Crippen LogP contribution in [0.4, 0.5) is 0 Å². The number of fused-ring (bicyclic) bond motifs is 5. The fraction of sp³-hybridized carbons (Fsp3) is 0.808. The average Bonchev–Trinajstić information content (AvgIpc) is 3.03. The summed E-state index contributed by atoms with van der Waals surface area (Å²) in [6.45, 7) is 10.1. The molecule has 0 aromatic heterocycles. The van der Waals surface area contributed by atoms with Crippen molar-refractivity contribution in [2.24, 2.45) is 39.9 Å². The highest BCUT2D eigenvalue weighted by Gasteiger charge is 2.60. The van der Waals surface area contributed by atoms with Gasteiger partial charge in [0.15, 0.2) is 11.6 Å². The maximum absolute atomic E-state index is 13.1. The Morgan fingerprint density at radius 2 is 1.77 bits per heavy atom. The quantitative estimate of drug-likeness (QED) is 0.589. The lowest BCUT2D eigenvalue weighted by molar-refractivity contribution is -0.158. The Labute approximate surface area is 181 Å². The molecule has 3 saturated carbocycles. The second-order valence-corrected chi connectivity index (χ2v) is 11.9. The van der Waals surface area contributed by atoms with E-state index < -0.39 is 5.41 Å². The summed E-state index contributed by atoms with van der Waals surface area (Å²) in [5.74, 6) is 1.98. The zero-order valence-corrected chi connectivity index (χ0v) is 19.4. The monoisotopic (exact) mass is 414 g/mol. The first-order valence-electron chi connectivity index (χ1n) is 11.9. The third-order valence-electron chi connectivity index (χ3n) is 9.31. The molecule has 0 N–H and O–H groups in total. The van der Waals surface area contributed by atoms with Crippen molar-refractivity contribution < 1.29 is 19.1 Å². The molecule has 0 radical (unpaired) electrons. The second kappa shape index (κ2) is 7.31. The van der Waals surface area contributed by atoms with Crippen LogP contribution in [0.2, 0.25) is 0 Å². The minimum atomic E-state index is -0.579. The third kappa shape index (κ3) is 3.39. The molecule has 0 aliphatic heterocycles. The van der Waals surface area contributed by atoms with Crippen LogP contribution in [-0.2, 0) is 19.1 Å².